The maximum atomic E-state index is 12.3. The van der Waals surface area contributed by atoms with E-state index in [1.54, 1.807) is 0 Å². The number of nitrogens with zero attached hydrogens (tertiary/aromatic N) is 1. The van der Waals surface area contributed by atoms with Crippen LogP contribution in [0.25, 0.3) is 0 Å². The zero-order chi connectivity index (χ0) is 14.6. The van der Waals surface area contributed by atoms with Gasteiger partial charge in [-0.1, -0.05) is 30.3 Å². The molecule has 2 aliphatic rings. The average Bonchev–Trinajstić information content (AvgIpc) is 3.00. The number of fused-ring (bicyclic) bond motifs is 3. The van der Waals surface area contributed by atoms with Crippen LogP contribution in [0.3, 0.4) is 0 Å². The number of amides is 1. The van der Waals surface area contributed by atoms with Crippen LogP contribution >= 0.6 is 11.3 Å². The van der Waals surface area contributed by atoms with Crippen molar-refractivity contribution in [3.63, 3.8) is 0 Å². The maximum Gasteiger partial charge on any atom is 0.411 e. The Balaban J connectivity index is 1.84. The third-order valence-corrected chi connectivity index (χ3v) is 5.48. The summed E-state index contributed by atoms with van der Waals surface area (Å²) in [4.78, 5) is 17.0. The van der Waals surface area contributed by atoms with E-state index in [9.17, 15) is 4.79 Å². The molecule has 2 aliphatic heterocycles. The van der Waals surface area contributed by atoms with Gasteiger partial charge in [0.2, 0.25) is 0 Å². The van der Waals surface area contributed by atoms with E-state index in [1.165, 1.54) is 15.3 Å². The highest BCUT2D eigenvalue weighted by molar-refractivity contribution is 7.12. The van der Waals surface area contributed by atoms with E-state index in [1.807, 2.05) is 46.6 Å². The summed E-state index contributed by atoms with van der Waals surface area (Å²) in [5.74, 6) is 0. The number of rotatable bonds is 1. The number of carbonyl (C=O) groups is 1. The van der Waals surface area contributed by atoms with E-state index >= 15 is 0 Å². The fraction of sp³-hybridized carbons (Fsp3) is 0.353. The molecule has 0 radical (unpaired) electrons. The smallest absolute Gasteiger partial charge is 0.411 e. The van der Waals surface area contributed by atoms with Gasteiger partial charge in [0.1, 0.15) is 6.04 Å². The van der Waals surface area contributed by atoms with Gasteiger partial charge in [0, 0.05) is 22.2 Å². The lowest BCUT2D eigenvalue weighted by atomic mass is 9.90. The topological polar surface area (TPSA) is 29.5 Å². The van der Waals surface area contributed by atoms with Crippen molar-refractivity contribution in [2.75, 3.05) is 0 Å². The maximum absolute atomic E-state index is 12.3. The summed E-state index contributed by atoms with van der Waals surface area (Å²) in [5, 5.41) is 0. The van der Waals surface area contributed by atoms with Crippen LogP contribution in [0.1, 0.15) is 40.0 Å². The van der Waals surface area contributed by atoms with Gasteiger partial charge in [-0.25, -0.2) is 4.79 Å². The lowest BCUT2D eigenvalue weighted by Crippen LogP contribution is -2.40. The van der Waals surface area contributed by atoms with Gasteiger partial charge < -0.3 is 4.74 Å². The quantitative estimate of drug-likeness (QED) is 0.788. The molecule has 0 spiro atoms. The second kappa shape index (κ2) is 4.60. The third-order valence-electron chi connectivity index (χ3n) is 4.39. The average molecular weight is 299 g/mol. The predicted octanol–water partition coefficient (Wildman–Crippen LogP) is 4.24. The van der Waals surface area contributed by atoms with Crippen molar-refractivity contribution in [2.45, 2.75) is 38.5 Å². The molecule has 1 aromatic heterocycles. The zero-order valence-corrected chi connectivity index (χ0v) is 12.9. The number of cyclic esters (lactones) is 1. The first-order chi connectivity index (χ1) is 10.1. The fourth-order valence-corrected chi connectivity index (χ4v) is 4.71. The lowest BCUT2D eigenvalue weighted by molar-refractivity contribution is 0.128. The third kappa shape index (κ3) is 1.89. The van der Waals surface area contributed by atoms with Gasteiger partial charge in [-0.05, 0) is 31.0 Å². The van der Waals surface area contributed by atoms with Crippen LogP contribution in [0.15, 0.2) is 36.4 Å². The van der Waals surface area contributed by atoms with E-state index in [0.717, 1.165) is 12.0 Å². The van der Waals surface area contributed by atoms with Crippen LogP contribution in [0.4, 0.5) is 4.79 Å². The van der Waals surface area contributed by atoms with Crippen LogP contribution in [0, 0.1) is 6.92 Å². The number of benzene rings is 1. The van der Waals surface area contributed by atoms with Gasteiger partial charge in [-0.15, -0.1) is 11.3 Å². The lowest BCUT2D eigenvalue weighted by Gasteiger charge is -2.34. The molecule has 0 aliphatic carbocycles. The van der Waals surface area contributed by atoms with Crippen molar-refractivity contribution in [2.24, 2.45) is 0 Å². The van der Waals surface area contributed by atoms with E-state index in [2.05, 4.69) is 19.9 Å². The van der Waals surface area contributed by atoms with Gasteiger partial charge in [0.05, 0.1) is 0 Å². The van der Waals surface area contributed by atoms with Gasteiger partial charge in [-0.2, -0.15) is 0 Å². The predicted molar refractivity (Wildman–Crippen MR) is 82.5 cm³/mol. The molecule has 1 fully saturated rings. The molecule has 0 bridgehead atoms. The van der Waals surface area contributed by atoms with E-state index in [4.69, 9.17) is 4.74 Å². The molecule has 0 N–H and O–H groups in total. The molecule has 1 aromatic carbocycles. The van der Waals surface area contributed by atoms with Crippen molar-refractivity contribution >= 4 is 17.4 Å². The molecule has 108 valence electrons. The van der Waals surface area contributed by atoms with Crippen molar-refractivity contribution < 1.29 is 9.53 Å². The van der Waals surface area contributed by atoms with Gasteiger partial charge in [0.25, 0.3) is 0 Å². The Labute approximate surface area is 128 Å². The number of carbonyl (C=O) groups excluding carboxylic acids is 1. The van der Waals surface area contributed by atoms with E-state index < -0.39 is 0 Å². The molecule has 3 atom stereocenters. The molecule has 0 saturated carbocycles. The Hall–Kier alpha value is -1.81. The van der Waals surface area contributed by atoms with Crippen LogP contribution in [0.2, 0.25) is 0 Å². The normalized spacial score (nSPS) is 27.2. The number of thiophene rings is 1. The van der Waals surface area contributed by atoms with Crippen LogP contribution in [-0.2, 0) is 11.2 Å². The Morgan fingerprint density at radius 1 is 1.29 bits per heavy atom. The highest BCUT2D eigenvalue weighted by Crippen LogP contribution is 2.49. The number of hydrogen-bond donors (Lipinski definition) is 0. The van der Waals surface area contributed by atoms with Gasteiger partial charge in [-0.3, -0.25) is 4.90 Å². The van der Waals surface area contributed by atoms with Crippen molar-refractivity contribution in [3.05, 3.63) is 57.3 Å². The summed E-state index contributed by atoms with van der Waals surface area (Å²) in [6.45, 7) is 4.24. The first kappa shape index (κ1) is 12.9. The summed E-state index contributed by atoms with van der Waals surface area (Å²) >= 11 is 1.85. The fourth-order valence-electron chi connectivity index (χ4n) is 3.51. The molecule has 3 unspecified atom stereocenters. The zero-order valence-electron chi connectivity index (χ0n) is 12.1. The van der Waals surface area contributed by atoms with Crippen molar-refractivity contribution in [1.82, 2.24) is 4.90 Å². The molecular formula is C17H17NO2S. The molecule has 3 nitrogen and oxygen atoms in total. The Bertz CT molecular complexity index is 694. The Morgan fingerprint density at radius 2 is 2.05 bits per heavy atom. The SMILES string of the molecule is Cc1cc2c(s1)CC(C)N1C(=O)OC(c3ccccc3)C21. The highest BCUT2D eigenvalue weighted by atomic mass is 32.1. The molecule has 2 aromatic rings. The standard InChI is InChI=1S/C17H17NO2S/c1-10-8-14-13(9-11(2)21-14)15-16(20-17(19)18(10)15)12-6-4-3-5-7-12/h3-7,9-10,15-16H,8H2,1-2H3. The molecule has 3 heterocycles. The number of aryl methyl sites for hydroxylation is 1. The molecule has 4 heteroatoms. The largest absolute Gasteiger partial charge is 0.439 e. The minimum Gasteiger partial charge on any atom is -0.439 e. The second-order valence-electron chi connectivity index (χ2n) is 5.86. The molecule has 21 heavy (non-hydrogen) atoms. The minimum absolute atomic E-state index is 0.0172. The van der Waals surface area contributed by atoms with Gasteiger partial charge in [0.15, 0.2) is 6.10 Å². The molecule has 4 rings (SSSR count). The Morgan fingerprint density at radius 3 is 2.81 bits per heavy atom. The summed E-state index contributed by atoms with van der Waals surface area (Å²) in [6.07, 6.45) is 0.547. The molecular weight excluding hydrogens is 282 g/mol. The first-order valence-corrected chi connectivity index (χ1v) is 8.10. The van der Waals surface area contributed by atoms with Gasteiger partial charge >= 0.3 is 6.09 Å². The van der Waals surface area contributed by atoms with E-state index in [0.29, 0.717) is 0 Å². The monoisotopic (exact) mass is 299 g/mol. The molecule has 1 saturated heterocycles. The summed E-state index contributed by atoms with van der Waals surface area (Å²) in [6, 6.07) is 12.5. The number of ether oxygens (including phenoxy) is 1. The first-order valence-electron chi connectivity index (χ1n) is 7.28. The summed E-state index contributed by atoms with van der Waals surface area (Å²) < 4.78 is 5.72. The summed E-state index contributed by atoms with van der Waals surface area (Å²) in [5.41, 5.74) is 2.34. The van der Waals surface area contributed by atoms with Crippen molar-refractivity contribution in [1.29, 1.82) is 0 Å². The molecule has 1 amide bonds. The number of hydrogen-bond acceptors (Lipinski definition) is 3. The minimum atomic E-state index is -0.200. The highest BCUT2D eigenvalue weighted by Gasteiger charge is 2.49. The van der Waals surface area contributed by atoms with E-state index in [-0.39, 0.29) is 24.3 Å². The second-order valence-corrected chi connectivity index (χ2v) is 7.20. The Kier molecular flexibility index (Phi) is 2.82. The van der Waals surface area contributed by atoms with Crippen molar-refractivity contribution in [3.8, 4) is 0 Å². The summed E-state index contributed by atoms with van der Waals surface area (Å²) in [7, 11) is 0. The van der Waals surface area contributed by atoms with Crippen LogP contribution in [-0.4, -0.2) is 17.0 Å². The van der Waals surface area contributed by atoms with Crippen LogP contribution < -0.4 is 0 Å². The van der Waals surface area contributed by atoms with Crippen LogP contribution in [0.5, 0.6) is 0 Å².